The Hall–Kier alpha value is -4.12. The number of carbonyl (C=O) groups excluding carboxylic acids is 2. The second kappa shape index (κ2) is 13.4. The summed E-state index contributed by atoms with van der Waals surface area (Å²) in [6.07, 6.45) is 3.31. The van der Waals surface area contributed by atoms with Crippen LogP contribution in [-0.2, 0) is 38.7 Å². The van der Waals surface area contributed by atoms with E-state index in [2.05, 4.69) is 50.1 Å². The van der Waals surface area contributed by atoms with Gasteiger partial charge in [0.1, 0.15) is 13.2 Å². The lowest BCUT2D eigenvalue weighted by molar-refractivity contribution is -0.141. The Morgan fingerprint density at radius 3 is 1.61 bits per heavy atom. The zero-order valence-corrected chi connectivity index (χ0v) is 22.9. The summed E-state index contributed by atoms with van der Waals surface area (Å²) in [7, 11) is 0. The summed E-state index contributed by atoms with van der Waals surface area (Å²) in [6.45, 7) is 15.3. The Morgan fingerprint density at radius 1 is 0.737 bits per heavy atom. The van der Waals surface area contributed by atoms with Crippen molar-refractivity contribution in [3.8, 4) is 0 Å². The van der Waals surface area contributed by atoms with Gasteiger partial charge in [-0.15, -0.1) is 0 Å². The molecule has 38 heavy (non-hydrogen) atoms. The Kier molecular flexibility index (Phi) is 10.1. The number of benzene rings is 3. The maximum absolute atomic E-state index is 11.8. The first-order valence-corrected chi connectivity index (χ1v) is 12.9. The van der Waals surface area contributed by atoms with Gasteiger partial charge in [-0.2, -0.15) is 0 Å². The molecule has 0 atom stereocenters. The van der Waals surface area contributed by atoms with Crippen LogP contribution in [0.5, 0.6) is 0 Å². The Bertz CT molecular complexity index is 1220. The average molecular weight is 512 g/mol. The Labute approximate surface area is 226 Å². The number of carbonyl (C=O) groups is 2. The van der Waals surface area contributed by atoms with E-state index in [0.717, 1.165) is 47.5 Å². The lowest BCUT2D eigenvalue weighted by atomic mass is 10.0. The first kappa shape index (κ1) is 28.5. The molecule has 0 saturated carbocycles. The van der Waals surface area contributed by atoms with Gasteiger partial charge in [0.15, 0.2) is 0 Å². The van der Waals surface area contributed by atoms with Crippen molar-refractivity contribution in [3.05, 3.63) is 113 Å². The van der Waals surface area contributed by atoms with Crippen LogP contribution in [0.2, 0.25) is 0 Å². The lowest BCUT2D eigenvalue weighted by Crippen LogP contribution is -2.11. The van der Waals surface area contributed by atoms with Gasteiger partial charge in [-0.1, -0.05) is 56.8 Å². The van der Waals surface area contributed by atoms with Crippen molar-refractivity contribution in [2.45, 2.75) is 60.2 Å². The molecule has 3 aromatic carbocycles. The summed E-state index contributed by atoms with van der Waals surface area (Å²) in [5, 5.41) is 0. The van der Waals surface area contributed by atoms with Crippen molar-refractivity contribution in [2.75, 3.05) is 4.90 Å². The van der Waals surface area contributed by atoms with Gasteiger partial charge in [0.25, 0.3) is 0 Å². The fraction of sp³-hybridized carbons (Fsp3) is 0.273. The summed E-state index contributed by atoms with van der Waals surface area (Å²) in [5.74, 6) is -0.798. The van der Waals surface area contributed by atoms with E-state index in [1.54, 1.807) is 13.8 Å². The van der Waals surface area contributed by atoms with Crippen molar-refractivity contribution in [1.82, 2.24) is 0 Å². The smallest absolute Gasteiger partial charge is 0.333 e. The molecule has 0 amide bonds. The van der Waals surface area contributed by atoms with Gasteiger partial charge in [-0.05, 0) is 92.3 Å². The third-order valence-corrected chi connectivity index (χ3v) is 6.22. The monoisotopic (exact) mass is 511 g/mol. The van der Waals surface area contributed by atoms with Crippen LogP contribution in [0.25, 0.3) is 0 Å². The molecular formula is C33H37NO4. The first-order valence-electron chi connectivity index (χ1n) is 12.9. The number of anilines is 3. The van der Waals surface area contributed by atoms with Gasteiger partial charge in [-0.3, -0.25) is 0 Å². The fourth-order valence-electron chi connectivity index (χ4n) is 3.91. The molecule has 0 unspecified atom stereocenters. The molecule has 0 aliphatic carbocycles. The highest BCUT2D eigenvalue weighted by Crippen LogP contribution is 2.36. The number of hydrogen-bond acceptors (Lipinski definition) is 5. The van der Waals surface area contributed by atoms with Crippen LogP contribution < -0.4 is 4.90 Å². The van der Waals surface area contributed by atoms with Crippen LogP contribution in [-0.4, -0.2) is 11.9 Å². The summed E-state index contributed by atoms with van der Waals surface area (Å²) < 4.78 is 10.6. The van der Waals surface area contributed by atoms with Gasteiger partial charge in [0.2, 0.25) is 0 Å². The van der Waals surface area contributed by atoms with E-state index in [4.69, 9.17) is 9.47 Å². The van der Waals surface area contributed by atoms with Crippen molar-refractivity contribution < 1.29 is 19.1 Å². The minimum atomic E-state index is -0.399. The van der Waals surface area contributed by atoms with Crippen molar-refractivity contribution >= 4 is 29.0 Å². The van der Waals surface area contributed by atoms with Crippen LogP contribution >= 0.6 is 0 Å². The number of aryl methyl sites for hydroxylation is 2. The zero-order chi connectivity index (χ0) is 27.7. The van der Waals surface area contributed by atoms with Crippen LogP contribution in [0.4, 0.5) is 17.1 Å². The van der Waals surface area contributed by atoms with Crippen LogP contribution in [0.1, 0.15) is 55.9 Å². The molecule has 0 N–H and O–H groups in total. The number of unbranched alkanes of at least 4 members (excludes halogenated alkanes) is 1. The molecule has 0 aliphatic heterocycles. The topological polar surface area (TPSA) is 55.8 Å². The van der Waals surface area contributed by atoms with Crippen molar-refractivity contribution in [2.24, 2.45) is 0 Å². The molecule has 5 nitrogen and oxygen atoms in total. The Balaban J connectivity index is 1.92. The third kappa shape index (κ3) is 7.69. The molecule has 3 aromatic rings. The van der Waals surface area contributed by atoms with E-state index in [-0.39, 0.29) is 13.2 Å². The maximum atomic E-state index is 11.8. The summed E-state index contributed by atoms with van der Waals surface area (Å²) in [5.41, 5.74) is 8.18. The third-order valence-electron chi connectivity index (χ3n) is 6.22. The highest BCUT2D eigenvalue weighted by molar-refractivity contribution is 5.87. The fourth-order valence-corrected chi connectivity index (χ4v) is 3.91. The predicted octanol–water partition coefficient (Wildman–Crippen LogP) is 8.05. The molecule has 0 saturated heterocycles. The molecule has 198 valence electrons. The Morgan fingerprint density at radius 2 is 1.18 bits per heavy atom. The van der Waals surface area contributed by atoms with E-state index in [1.807, 2.05) is 48.5 Å². The van der Waals surface area contributed by atoms with Crippen LogP contribution in [0, 0.1) is 6.92 Å². The predicted molar refractivity (Wildman–Crippen MR) is 154 cm³/mol. The molecule has 0 bridgehead atoms. The first-order chi connectivity index (χ1) is 18.2. The minimum absolute atomic E-state index is 0.190. The van der Waals surface area contributed by atoms with Crippen molar-refractivity contribution in [3.63, 3.8) is 0 Å². The lowest BCUT2D eigenvalue weighted by Gasteiger charge is -2.27. The molecule has 5 heteroatoms. The molecule has 0 fully saturated rings. The molecule has 0 spiro atoms. The summed E-state index contributed by atoms with van der Waals surface area (Å²) in [4.78, 5) is 25.8. The molecule has 0 heterocycles. The van der Waals surface area contributed by atoms with Gasteiger partial charge in [0.05, 0.1) is 0 Å². The summed E-state index contributed by atoms with van der Waals surface area (Å²) >= 11 is 0. The zero-order valence-electron chi connectivity index (χ0n) is 22.9. The van der Waals surface area contributed by atoms with Gasteiger partial charge < -0.3 is 14.4 Å². The number of hydrogen-bond donors (Lipinski definition) is 0. The van der Waals surface area contributed by atoms with E-state index in [9.17, 15) is 9.59 Å². The average Bonchev–Trinajstić information content (AvgIpc) is 2.91. The molecule has 0 aliphatic rings. The highest BCUT2D eigenvalue weighted by Gasteiger charge is 2.15. The largest absolute Gasteiger partial charge is 0.457 e. The van der Waals surface area contributed by atoms with Gasteiger partial charge >= 0.3 is 11.9 Å². The number of ether oxygens (including phenoxy) is 2. The van der Waals surface area contributed by atoms with E-state index < -0.39 is 11.9 Å². The van der Waals surface area contributed by atoms with Crippen molar-refractivity contribution in [1.29, 1.82) is 0 Å². The molecular weight excluding hydrogens is 474 g/mol. The summed E-state index contributed by atoms with van der Waals surface area (Å²) in [6, 6.07) is 22.5. The molecule has 0 aromatic heterocycles. The second-order valence-electron chi connectivity index (χ2n) is 9.60. The number of nitrogens with zero attached hydrogens (tertiary/aromatic N) is 1. The quantitative estimate of drug-likeness (QED) is 0.182. The standard InChI is InChI=1S/C33H37NO4/c1-7-8-9-28-20-31(15-10-25(28)6)34(29-16-11-26(12-17-29)21-37-32(35)23(2)3)30-18-13-27(14-19-30)22-38-33(36)24(4)5/h10-20H,2,4,7-9,21-22H2,1,3,5-6H3. The van der Waals surface area contributed by atoms with E-state index in [1.165, 1.54) is 11.1 Å². The van der Waals surface area contributed by atoms with Crippen LogP contribution in [0.3, 0.4) is 0 Å². The second-order valence-corrected chi connectivity index (χ2v) is 9.60. The number of rotatable bonds is 12. The normalized spacial score (nSPS) is 10.5. The minimum Gasteiger partial charge on any atom is -0.457 e. The molecule has 3 rings (SSSR count). The highest BCUT2D eigenvalue weighted by atomic mass is 16.5. The maximum Gasteiger partial charge on any atom is 0.333 e. The van der Waals surface area contributed by atoms with Gasteiger partial charge in [0, 0.05) is 28.2 Å². The van der Waals surface area contributed by atoms with E-state index in [0.29, 0.717) is 11.1 Å². The van der Waals surface area contributed by atoms with E-state index >= 15 is 0 Å². The SMILES string of the molecule is C=C(C)C(=O)OCc1ccc(N(c2ccc(COC(=O)C(=C)C)cc2)c2ccc(C)c(CCCC)c2)cc1. The van der Waals surface area contributed by atoms with Crippen LogP contribution in [0.15, 0.2) is 91.0 Å². The number of esters is 2. The van der Waals surface area contributed by atoms with Gasteiger partial charge in [-0.25, -0.2) is 9.59 Å². The molecule has 0 radical (unpaired) electrons.